The maximum Gasteiger partial charge on any atom is 0.230 e. The number of aromatic carboxylic acids is 1. The minimum absolute atomic E-state index is 0.0948. The van der Waals surface area contributed by atoms with E-state index < -0.39 is 5.97 Å². The molecule has 0 fully saturated rings. The molecule has 0 saturated carbocycles. The Morgan fingerprint density at radius 2 is 2.00 bits per heavy atom. The molecule has 0 aliphatic heterocycles. The van der Waals surface area contributed by atoms with Gasteiger partial charge in [0.1, 0.15) is 16.2 Å². The molecule has 1 aliphatic carbocycles. The van der Waals surface area contributed by atoms with Gasteiger partial charge in [0.15, 0.2) is 0 Å². The fourth-order valence-electron chi connectivity index (χ4n) is 3.15. The van der Waals surface area contributed by atoms with Crippen molar-refractivity contribution >= 4 is 45.2 Å². The van der Waals surface area contributed by atoms with Crippen LogP contribution in [0.3, 0.4) is 0 Å². The second-order valence-corrected chi connectivity index (χ2v) is 8.31. The molecule has 1 aromatic carbocycles. The van der Waals surface area contributed by atoms with E-state index >= 15 is 0 Å². The number of benzene rings is 1. The summed E-state index contributed by atoms with van der Waals surface area (Å²) >= 11 is 3.16. The number of carboxylic acid groups (broad SMARTS) is 1. The highest BCUT2D eigenvalue weighted by Gasteiger charge is 2.21. The molecule has 0 atom stereocenters. The van der Waals surface area contributed by atoms with Crippen LogP contribution in [0.25, 0.3) is 10.2 Å². The van der Waals surface area contributed by atoms with Crippen LogP contribution >= 0.6 is 23.1 Å². The Morgan fingerprint density at radius 1 is 1.19 bits per heavy atom. The number of hydrogen-bond acceptors (Lipinski definition) is 7. The molecule has 138 valence electrons. The molecule has 3 aromatic rings. The quantitative estimate of drug-likeness (QED) is 0.504. The topological polar surface area (TPSA) is 95.0 Å². The van der Waals surface area contributed by atoms with Gasteiger partial charge in [0.05, 0.1) is 11.7 Å². The zero-order chi connectivity index (χ0) is 18.8. The first-order valence-electron chi connectivity index (χ1n) is 8.57. The van der Waals surface area contributed by atoms with Crippen LogP contribution in [0, 0.1) is 0 Å². The van der Waals surface area contributed by atoms with Crippen molar-refractivity contribution in [2.24, 2.45) is 0 Å². The first-order valence-corrected chi connectivity index (χ1v) is 10.4. The van der Waals surface area contributed by atoms with Crippen molar-refractivity contribution in [3.8, 4) is 0 Å². The minimum Gasteiger partial charge on any atom is -0.545 e. The summed E-state index contributed by atoms with van der Waals surface area (Å²) in [5.74, 6) is -1.03. The maximum atomic E-state index is 12.2. The molecular weight excluding hydrogens is 382 g/mol. The van der Waals surface area contributed by atoms with Crippen LogP contribution in [0.15, 0.2) is 35.6 Å². The molecule has 1 N–H and O–H groups in total. The van der Waals surface area contributed by atoms with E-state index in [0.717, 1.165) is 33.6 Å². The number of thioether (sulfide) groups is 1. The van der Waals surface area contributed by atoms with Gasteiger partial charge in [-0.1, -0.05) is 36.0 Å². The first-order chi connectivity index (χ1) is 13.1. The summed E-state index contributed by atoms with van der Waals surface area (Å²) in [6.45, 7) is 0.347. The highest BCUT2D eigenvalue weighted by molar-refractivity contribution is 8.00. The fraction of sp³-hybridized carbons (Fsp3) is 0.263. The average Bonchev–Trinajstić information content (AvgIpc) is 3.26. The molecule has 2 heterocycles. The Labute approximate surface area is 164 Å². The fourth-order valence-corrected chi connectivity index (χ4v) is 5.30. The Morgan fingerprint density at radius 3 is 2.78 bits per heavy atom. The third-order valence-corrected chi connectivity index (χ3v) is 6.68. The van der Waals surface area contributed by atoms with Gasteiger partial charge >= 0.3 is 0 Å². The lowest BCUT2D eigenvalue weighted by Crippen LogP contribution is -2.25. The zero-order valence-corrected chi connectivity index (χ0v) is 16.0. The second-order valence-electron chi connectivity index (χ2n) is 6.27. The Kier molecular flexibility index (Phi) is 5.09. The van der Waals surface area contributed by atoms with E-state index in [0.29, 0.717) is 6.54 Å². The molecule has 2 aromatic heterocycles. The number of rotatable bonds is 6. The Hall–Kier alpha value is -2.45. The van der Waals surface area contributed by atoms with Gasteiger partial charge in [-0.25, -0.2) is 9.97 Å². The summed E-state index contributed by atoms with van der Waals surface area (Å²) in [6, 6.07) is 6.28. The van der Waals surface area contributed by atoms with Gasteiger partial charge in [-0.2, -0.15) is 0 Å². The van der Waals surface area contributed by atoms with Crippen molar-refractivity contribution in [1.29, 1.82) is 0 Å². The van der Waals surface area contributed by atoms with E-state index in [-0.39, 0.29) is 17.2 Å². The van der Waals surface area contributed by atoms with Crippen LogP contribution in [0.1, 0.15) is 32.8 Å². The van der Waals surface area contributed by atoms with Crippen LogP contribution in [-0.2, 0) is 24.2 Å². The average molecular weight is 398 g/mol. The van der Waals surface area contributed by atoms with Crippen LogP contribution in [0.4, 0.5) is 0 Å². The number of carbonyl (C=O) groups excluding carboxylic acids is 2. The summed E-state index contributed by atoms with van der Waals surface area (Å²) in [4.78, 5) is 34.1. The lowest BCUT2D eigenvalue weighted by molar-refractivity contribution is -0.255. The molecule has 4 rings (SSSR count). The summed E-state index contributed by atoms with van der Waals surface area (Å²) < 4.78 is 0. The molecule has 0 spiro atoms. The van der Waals surface area contributed by atoms with Gasteiger partial charge in [-0.3, -0.25) is 4.79 Å². The van der Waals surface area contributed by atoms with Gasteiger partial charge in [0.25, 0.3) is 0 Å². The van der Waals surface area contributed by atoms with Crippen molar-refractivity contribution in [2.75, 3.05) is 5.75 Å². The minimum atomic E-state index is -1.21. The number of aryl methyl sites for hydroxylation is 2. The number of hydrogen-bond donors (Lipinski definition) is 1. The van der Waals surface area contributed by atoms with Gasteiger partial charge < -0.3 is 15.2 Å². The molecule has 0 bridgehead atoms. The summed E-state index contributed by atoms with van der Waals surface area (Å²) in [6.07, 6.45) is 4.91. The standard InChI is InChI=1S/C19H17N3O3S2/c23-15(20-8-11-4-6-12(7-5-11)19(24)25)9-26-17-16-13-2-1-3-14(13)27-18(16)22-10-21-17/h4-7,10H,1-3,8-9H2,(H,20,23)(H,24,25)/p-1. The highest BCUT2D eigenvalue weighted by Crippen LogP contribution is 2.39. The van der Waals surface area contributed by atoms with E-state index in [9.17, 15) is 14.7 Å². The summed E-state index contributed by atoms with van der Waals surface area (Å²) in [5.41, 5.74) is 2.31. The van der Waals surface area contributed by atoms with Gasteiger partial charge in [-0.05, 0) is 36.0 Å². The normalized spacial score (nSPS) is 12.9. The van der Waals surface area contributed by atoms with Crippen LogP contribution < -0.4 is 10.4 Å². The molecule has 0 radical (unpaired) electrons. The zero-order valence-electron chi connectivity index (χ0n) is 14.4. The predicted molar refractivity (Wildman–Crippen MR) is 103 cm³/mol. The number of fused-ring (bicyclic) bond motifs is 3. The lowest BCUT2D eigenvalue weighted by Gasteiger charge is -2.07. The van der Waals surface area contributed by atoms with E-state index in [1.807, 2.05) is 0 Å². The number of carboxylic acids is 1. The van der Waals surface area contributed by atoms with Crippen molar-refractivity contribution in [3.63, 3.8) is 0 Å². The number of aromatic nitrogens is 2. The maximum absolute atomic E-state index is 12.2. The Bertz CT molecular complexity index is 1010. The lowest BCUT2D eigenvalue weighted by atomic mass is 10.1. The monoisotopic (exact) mass is 398 g/mol. The molecule has 0 unspecified atom stereocenters. The number of amides is 1. The van der Waals surface area contributed by atoms with E-state index in [1.165, 1.54) is 40.8 Å². The molecular formula is C19H16N3O3S2-. The summed E-state index contributed by atoms with van der Waals surface area (Å²) in [5, 5.41) is 15.6. The van der Waals surface area contributed by atoms with Crippen molar-refractivity contribution < 1.29 is 14.7 Å². The van der Waals surface area contributed by atoms with Gasteiger partial charge in [0, 0.05) is 16.8 Å². The van der Waals surface area contributed by atoms with Crippen molar-refractivity contribution in [1.82, 2.24) is 15.3 Å². The summed E-state index contributed by atoms with van der Waals surface area (Å²) in [7, 11) is 0. The van der Waals surface area contributed by atoms with E-state index in [1.54, 1.807) is 29.8 Å². The third kappa shape index (κ3) is 3.81. The van der Waals surface area contributed by atoms with Crippen molar-refractivity contribution in [2.45, 2.75) is 30.8 Å². The van der Waals surface area contributed by atoms with E-state index in [4.69, 9.17) is 0 Å². The number of nitrogens with zero attached hydrogens (tertiary/aromatic N) is 2. The van der Waals surface area contributed by atoms with E-state index in [2.05, 4.69) is 15.3 Å². The first kappa shape index (κ1) is 17.9. The number of thiophene rings is 1. The molecule has 6 nitrogen and oxygen atoms in total. The molecule has 1 amide bonds. The predicted octanol–water partition coefficient (Wildman–Crippen LogP) is 1.95. The van der Waals surface area contributed by atoms with Crippen LogP contribution in [0.2, 0.25) is 0 Å². The Balaban J connectivity index is 1.37. The second kappa shape index (κ2) is 7.66. The molecule has 1 aliphatic rings. The SMILES string of the molecule is O=C(CSc1ncnc2sc3c(c12)CCC3)NCc1ccc(C(=O)[O-])cc1. The van der Waals surface area contributed by atoms with Crippen molar-refractivity contribution in [3.05, 3.63) is 52.2 Å². The number of nitrogens with one attached hydrogen (secondary N) is 1. The smallest absolute Gasteiger partial charge is 0.230 e. The molecule has 0 saturated heterocycles. The molecule has 8 heteroatoms. The molecule has 27 heavy (non-hydrogen) atoms. The third-order valence-electron chi connectivity index (χ3n) is 4.49. The highest BCUT2D eigenvalue weighted by atomic mass is 32.2. The van der Waals surface area contributed by atoms with Gasteiger partial charge in [0.2, 0.25) is 5.91 Å². The number of carbonyl (C=O) groups is 2. The largest absolute Gasteiger partial charge is 0.545 e. The van der Waals surface area contributed by atoms with Crippen LogP contribution in [0.5, 0.6) is 0 Å². The van der Waals surface area contributed by atoms with Crippen LogP contribution in [-0.4, -0.2) is 27.6 Å². The van der Waals surface area contributed by atoms with Gasteiger partial charge in [-0.15, -0.1) is 11.3 Å².